The molecule has 0 saturated heterocycles. The van der Waals surface area contributed by atoms with E-state index in [1.807, 2.05) is 12.3 Å². The largest absolute Gasteiger partial charge is 0.365 e. The van der Waals surface area contributed by atoms with Gasteiger partial charge in [0.2, 0.25) is 5.95 Å². The van der Waals surface area contributed by atoms with E-state index in [4.69, 9.17) is 11.6 Å². The molecule has 0 unspecified atom stereocenters. The Kier molecular flexibility index (Phi) is 4.17. The first-order valence-corrected chi connectivity index (χ1v) is 6.63. The van der Waals surface area contributed by atoms with Crippen molar-refractivity contribution in [2.75, 3.05) is 17.2 Å². The third kappa shape index (κ3) is 3.31. The Morgan fingerprint density at radius 1 is 1.41 bits per heavy atom. The molecule has 0 spiro atoms. The van der Waals surface area contributed by atoms with Crippen LogP contribution in [0.15, 0.2) is 23.0 Å². The Morgan fingerprint density at radius 3 is 3.00 bits per heavy atom. The topological polar surface area (TPSA) is 49.8 Å². The van der Waals surface area contributed by atoms with Crippen LogP contribution in [-0.2, 0) is 6.54 Å². The number of hydrogen-bond donors (Lipinski definition) is 2. The minimum Gasteiger partial charge on any atom is -0.365 e. The molecule has 0 amide bonds. The molecule has 0 bridgehead atoms. The van der Waals surface area contributed by atoms with E-state index in [1.165, 1.54) is 5.56 Å². The van der Waals surface area contributed by atoms with Gasteiger partial charge in [0.1, 0.15) is 5.02 Å². The van der Waals surface area contributed by atoms with Crippen LogP contribution in [-0.4, -0.2) is 16.5 Å². The second-order valence-electron chi connectivity index (χ2n) is 3.41. The number of halogens is 1. The molecular formula is C11H13ClN4S. The molecule has 2 N–H and O–H groups in total. The van der Waals surface area contributed by atoms with E-state index < -0.39 is 0 Å². The zero-order chi connectivity index (χ0) is 12.1. The highest BCUT2D eigenvalue weighted by Gasteiger charge is 2.04. The van der Waals surface area contributed by atoms with Crippen LogP contribution in [0.2, 0.25) is 5.02 Å². The third-order valence-electron chi connectivity index (χ3n) is 2.12. The van der Waals surface area contributed by atoms with E-state index in [9.17, 15) is 0 Å². The molecule has 4 nitrogen and oxygen atoms in total. The molecular weight excluding hydrogens is 256 g/mol. The van der Waals surface area contributed by atoms with Crippen LogP contribution in [0.25, 0.3) is 0 Å². The van der Waals surface area contributed by atoms with Gasteiger partial charge >= 0.3 is 0 Å². The molecule has 6 heteroatoms. The van der Waals surface area contributed by atoms with Crippen LogP contribution < -0.4 is 10.6 Å². The number of nitrogens with one attached hydrogen (secondary N) is 2. The van der Waals surface area contributed by atoms with Crippen molar-refractivity contribution in [3.05, 3.63) is 33.6 Å². The monoisotopic (exact) mass is 268 g/mol. The molecule has 0 atom stereocenters. The van der Waals surface area contributed by atoms with Gasteiger partial charge < -0.3 is 10.6 Å². The smallest absolute Gasteiger partial charge is 0.224 e. The predicted octanol–water partition coefficient (Wildman–Crippen LogP) is 3.24. The summed E-state index contributed by atoms with van der Waals surface area (Å²) < 4.78 is 0. The van der Waals surface area contributed by atoms with Crippen molar-refractivity contribution in [3.63, 3.8) is 0 Å². The molecule has 0 aliphatic heterocycles. The van der Waals surface area contributed by atoms with Crippen molar-refractivity contribution in [2.45, 2.75) is 13.5 Å². The van der Waals surface area contributed by atoms with Crippen molar-refractivity contribution in [1.29, 1.82) is 0 Å². The van der Waals surface area contributed by atoms with Gasteiger partial charge in [0.05, 0.1) is 6.20 Å². The molecule has 0 fully saturated rings. The highest BCUT2D eigenvalue weighted by atomic mass is 35.5. The van der Waals surface area contributed by atoms with Crippen molar-refractivity contribution >= 4 is 34.7 Å². The van der Waals surface area contributed by atoms with Crippen LogP contribution in [0.4, 0.5) is 11.8 Å². The predicted molar refractivity (Wildman–Crippen MR) is 72.9 cm³/mol. The van der Waals surface area contributed by atoms with E-state index in [0.29, 0.717) is 23.3 Å². The Balaban J connectivity index is 2.06. The summed E-state index contributed by atoms with van der Waals surface area (Å²) in [6.45, 7) is 3.49. The lowest BCUT2D eigenvalue weighted by Crippen LogP contribution is -2.06. The first-order valence-electron chi connectivity index (χ1n) is 5.31. The molecule has 2 aromatic rings. The summed E-state index contributed by atoms with van der Waals surface area (Å²) in [4.78, 5) is 8.38. The maximum Gasteiger partial charge on any atom is 0.224 e. The molecule has 0 aromatic carbocycles. The first-order chi connectivity index (χ1) is 8.29. The number of hydrogen-bond acceptors (Lipinski definition) is 5. The number of nitrogens with zero attached hydrogens (tertiary/aromatic N) is 2. The standard InChI is InChI=1S/C11H13ClN4S/c1-2-13-11-15-6-9(12)10(16-11)14-5-8-3-4-17-7-8/h3-4,6-7H,2,5H2,1H3,(H2,13,14,15,16). The summed E-state index contributed by atoms with van der Waals surface area (Å²) in [7, 11) is 0. The van der Waals surface area contributed by atoms with Gasteiger partial charge in [0.15, 0.2) is 5.82 Å². The number of thiophene rings is 1. The Labute approximate surface area is 109 Å². The number of rotatable bonds is 5. The van der Waals surface area contributed by atoms with Gasteiger partial charge in [-0.2, -0.15) is 16.3 Å². The molecule has 2 heterocycles. The lowest BCUT2D eigenvalue weighted by atomic mass is 10.3. The fraction of sp³-hybridized carbons (Fsp3) is 0.273. The van der Waals surface area contributed by atoms with Gasteiger partial charge in [0.25, 0.3) is 0 Å². The summed E-state index contributed by atoms with van der Waals surface area (Å²) >= 11 is 7.70. The van der Waals surface area contributed by atoms with Gasteiger partial charge in [-0.25, -0.2) is 4.98 Å². The Hall–Kier alpha value is -1.33. The maximum absolute atomic E-state index is 6.02. The van der Waals surface area contributed by atoms with Gasteiger partial charge in [-0.1, -0.05) is 11.6 Å². The SMILES string of the molecule is CCNc1ncc(Cl)c(NCc2ccsc2)n1. The molecule has 0 aliphatic carbocycles. The fourth-order valence-electron chi connectivity index (χ4n) is 1.31. The van der Waals surface area contributed by atoms with E-state index in [0.717, 1.165) is 6.54 Å². The normalized spacial score (nSPS) is 10.2. The molecule has 2 rings (SSSR count). The minimum absolute atomic E-state index is 0.530. The minimum atomic E-state index is 0.530. The van der Waals surface area contributed by atoms with Crippen molar-refractivity contribution in [1.82, 2.24) is 9.97 Å². The fourth-order valence-corrected chi connectivity index (χ4v) is 2.14. The molecule has 17 heavy (non-hydrogen) atoms. The molecule has 2 aromatic heterocycles. The van der Waals surface area contributed by atoms with Gasteiger partial charge in [-0.05, 0) is 29.3 Å². The third-order valence-corrected chi connectivity index (χ3v) is 3.13. The van der Waals surface area contributed by atoms with Crippen LogP contribution in [0.1, 0.15) is 12.5 Å². The average Bonchev–Trinajstić information content (AvgIpc) is 2.83. The summed E-state index contributed by atoms with van der Waals surface area (Å²) in [6, 6.07) is 2.07. The van der Waals surface area contributed by atoms with Crippen LogP contribution in [0, 0.1) is 0 Å². The van der Waals surface area contributed by atoms with E-state index in [1.54, 1.807) is 17.5 Å². The van der Waals surface area contributed by atoms with E-state index in [2.05, 4.69) is 32.0 Å². The summed E-state index contributed by atoms with van der Waals surface area (Å²) in [5.74, 6) is 1.24. The van der Waals surface area contributed by atoms with Gasteiger partial charge in [-0.3, -0.25) is 0 Å². The van der Waals surface area contributed by atoms with Crippen molar-refractivity contribution in [3.8, 4) is 0 Å². The van der Waals surface area contributed by atoms with Gasteiger partial charge in [0, 0.05) is 13.1 Å². The quantitative estimate of drug-likeness (QED) is 0.874. The second kappa shape index (κ2) is 5.84. The summed E-state index contributed by atoms with van der Waals surface area (Å²) in [6.07, 6.45) is 1.60. The van der Waals surface area contributed by atoms with Crippen LogP contribution in [0.3, 0.4) is 0 Å². The Bertz CT molecular complexity index is 472. The number of anilines is 2. The summed E-state index contributed by atoms with van der Waals surface area (Å²) in [5.41, 5.74) is 1.22. The highest BCUT2D eigenvalue weighted by Crippen LogP contribution is 2.20. The lowest BCUT2D eigenvalue weighted by Gasteiger charge is -2.08. The van der Waals surface area contributed by atoms with Crippen LogP contribution >= 0.6 is 22.9 Å². The second-order valence-corrected chi connectivity index (χ2v) is 4.59. The molecule has 0 saturated carbocycles. The van der Waals surface area contributed by atoms with Crippen molar-refractivity contribution < 1.29 is 0 Å². The van der Waals surface area contributed by atoms with Crippen LogP contribution in [0.5, 0.6) is 0 Å². The molecule has 0 radical (unpaired) electrons. The zero-order valence-electron chi connectivity index (χ0n) is 9.40. The Morgan fingerprint density at radius 2 is 2.29 bits per heavy atom. The van der Waals surface area contributed by atoms with Gasteiger partial charge in [-0.15, -0.1) is 0 Å². The van der Waals surface area contributed by atoms with E-state index >= 15 is 0 Å². The van der Waals surface area contributed by atoms with Crippen molar-refractivity contribution in [2.24, 2.45) is 0 Å². The molecule has 90 valence electrons. The lowest BCUT2D eigenvalue weighted by molar-refractivity contribution is 1.06. The zero-order valence-corrected chi connectivity index (χ0v) is 11.0. The van der Waals surface area contributed by atoms with E-state index in [-0.39, 0.29) is 0 Å². The highest BCUT2D eigenvalue weighted by molar-refractivity contribution is 7.07. The number of aromatic nitrogens is 2. The summed E-state index contributed by atoms with van der Waals surface area (Å²) in [5, 5.41) is 10.9. The average molecular weight is 269 g/mol. The maximum atomic E-state index is 6.02. The molecule has 0 aliphatic rings. The first kappa shape index (κ1) is 12.1.